The number of likely N-dealkylation sites (tertiary alicyclic amines) is 1. The van der Waals surface area contributed by atoms with E-state index >= 15 is 0 Å². The number of piperidine rings is 1. The van der Waals surface area contributed by atoms with Crippen LogP contribution in [0.15, 0.2) is 18.2 Å². The van der Waals surface area contributed by atoms with Crippen LogP contribution < -0.4 is 0 Å². The zero-order valence-electron chi connectivity index (χ0n) is 15.1. The van der Waals surface area contributed by atoms with E-state index in [0.717, 1.165) is 25.9 Å². The Kier molecular flexibility index (Phi) is 3.00. The molecule has 1 aromatic rings. The Hall–Kier alpha value is -1.84. The van der Waals surface area contributed by atoms with E-state index in [2.05, 4.69) is 23.1 Å². The van der Waals surface area contributed by atoms with Crippen molar-refractivity contribution in [3.8, 4) is 0 Å². The lowest BCUT2D eigenvalue weighted by atomic mass is 9.61. The predicted molar refractivity (Wildman–Crippen MR) is 95.5 cm³/mol. The highest BCUT2D eigenvalue weighted by Crippen LogP contribution is 2.59. The third kappa shape index (κ3) is 2.14. The quantitative estimate of drug-likeness (QED) is 0.770. The van der Waals surface area contributed by atoms with Gasteiger partial charge in [0.25, 0.3) is 0 Å². The summed E-state index contributed by atoms with van der Waals surface area (Å²) in [5.41, 5.74) is 4.61. The molecule has 4 fully saturated rings. The van der Waals surface area contributed by atoms with E-state index in [4.69, 9.17) is 4.74 Å². The number of amides is 1. The average Bonchev–Trinajstić information content (AvgIpc) is 3.06. The fraction of sp³-hybridized carbons (Fsp3) is 0.636. The number of nitrogens with zero attached hydrogens (tertiary/aromatic N) is 1. The Bertz CT molecular complexity index is 798. The summed E-state index contributed by atoms with van der Waals surface area (Å²) in [6.45, 7) is 2.40. The maximum absolute atomic E-state index is 12.8. The molecule has 136 valence electrons. The van der Waals surface area contributed by atoms with Crippen molar-refractivity contribution >= 4 is 11.9 Å². The summed E-state index contributed by atoms with van der Waals surface area (Å²) in [6, 6.07) is 7.13. The molecular formula is C22H25NO3. The van der Waals surface area contributed by atoms with Crippen LogP contribution in [0.2, 0.25) is 0 Å². The first kappa shape index (κ1) is 15.2. The molecule has 1 spiro atoms. The lowest BCUT2D eigenvalue weighted by Crippen LogP contribution is -2.47. The highest BCUT2D eigenvalue weighted by atomic mass is 16.5. The van der Waals surface area contributed by atoms with Crippen molar-refractivity contribution in [1.29, 1.82) is 0 Å². The van der Waals surface area contributed by atoms with Crippen LogP contribution in [-0.4, -0.2) is 36.5 Å². The molecule has 5 aliphatic rings. The van der Waals surface area contributed by atoms with Gasteiger partial charge in [0.1, 0.15) is 0 Å². The van der Waals surface area contributed by atoms with Gasteiger partial charge in [0.2, 0.25) is 5.91 Å². The molecule has 0 radical (unpaired) electrons. The Morgan fingerprint density at radius 2 is 1.88 bits per heavy atom. The maximum Gasteiger partial charge on any atom is 0.306 e. The van der Waals surface area contributed by atoms with E-state index < -0.39 is 0 Å². The number of rotatable bonds is 2. The smallest absolute Gasteiger partial charge is 0.306 e. The highest BCUT2D eigenvalue weighted by molar-refractivity contribution is 5.82. The Labute approximate surface area is 153 Å². The van der Waals surface area contributed by atoms with Crippen molar-refractivity contribution in [3.63, 3.8) is 0 Å². The van der Waals surface area contributed by atoms with Crippen LogP contribution in [0.1, 0.15) is 48.3 Å². The minimum Gasteiger partial charge on any atom is -0.465 e. The number of hydrogen-bond acceptors (Lipinski definition) is 3. The molecule has 2 saturated heterocycles. The topological polar surface area (TPSA) is 46.6 Å². The van der Waals surface area contributed by atoms with Crippen LogP contribution >= 0.6 is 0 Å². The van der Waals surface area contributed by atoms with Gasteiger partial charge in [0, 0.05) is 24.4 Å². The number of cyclic esters (lactones) is 1. The van der Waals surface area contributed by atoms with Crippen LogP contribution in [0.5, 0.6) is 0 Å². The molecule has 2 heterocycles. The molecule has 4 nitrogen and oxygen atoms in total. The molecule has 3 atom stereocenters. The summed E-state index contributed by atoms with van der Waals surface area (Å²) in [5.74, 6) is 2.39. The van der Waals surface area contributed by atoms with Crippen LogP contribution in [0, 0.1) is 23.2 Å². The summed E-state index contributed by atoms with van der Waals surface area (Å²) < 4.78 is 5.12. The van der Waals surface area contributed by atoms with E-state index in [1.54, 1.807) is 11.1 Å². The lowest BCUT2D eigenvalue weighted by Gasteiger charge is -2.43. The number of hydrogen-bond donors (Lipinski definition) is 0. The first-order valence-electron chi connectivity index (χ1n) is 10.2. The lowest BCUT2D eigenvalue weighted by molar-refractivity contribution is -0.143. The number of benzene rings is 1. The van der Waals surface area contributed by atoms with Gasteiger partial charge in [-0.1, -0.05) is 18.2 Å². The van der Waals surface area contributed by atoms with Gasteiger partial charge in [-0.15, -0.1) is 0 Å². The minimum atomic E-state index is -0.0875. The minimum absolute atomic E-state index is 0.00694. The van der Waals surface area contributed by atoms with Gasteiger partial charge in [0.05, 0.1) is 13.0 Å². The fourth-order valence-electron chi connectivity index (χ4n) is 6.32. The number of aryl methyl sites for hydroxylation is 2. The summed E-state index contributed by atoms with van der Waals surface area (Å²) >= 11 is 0. The third-order valence-electron chi connectivity index (χ3n) is 7.78. The monoisotopic (exact) mass is 351 g/mol. The van der Waals surface area contributed by atoms with Crippen molar-refractivity contribution in [2.24, 2.45) is 23.2 Å². The largest absolute Gasteiger partial charge is 0.465 e. The summed E-state index contributed by atoms with van der Waals surface area (Å²) in [4.78, 5) is 26.3. The van der Waals surface area contributed by atoms with Gasteiger partial charge < -0.3 is 9.64 Å². The Morgan fingerprint density at radius 3 is 2.62 bits per heavy atom. The van der Waals surface area contributed by atoms with Crippen molar-refractivity contribution in [3.05, 3.63) is 34.9 Å². The molecule has 2 aliphatic heterocycles. The first-order valence-corrected chi connectivity index (χ1v) is 10.2. The van der Waals surface area contributed by atoms with Crippen LogP contribution in [0.25, 0.3) is 0 Å². The summed E-state index contributed by atoms with van der Waals surface area (Å²) in [7, 11) is 0. The fourth-order valence-corrected chi connectivity index (χ4v) is 6.32. The van der Waals surface area contributed by atoms with Gasteiger partial charge in [0.15, 0.2) is 0 Å². The molecule has 2 saturated carbocycles. The summed E-state index contributed by atoms with van der Waals surface area (Å²) in [6.07, 6.45) is 6.00. The first-order chi connectivity index (χ1) is 12.6. The Balaban J connectivity index is 1.07. The molecule has 0 aromatic heterocycles. The van der Waals surface area contributed by atoms with Crippen LogP contribution in [0.3, 0.4) is 0 Å². The molecule has 0 bridgehead atoms. The van der Waals surface area contributed by atoms with Crippen molar-refractivity contribution in [2.75, 3.05) is 19.7 Å². The number of ether oxygens (including phenoxy) is 1. The molecular weight excluding hydrogens is 326 g/mol. The van der Waals surface area contributed by atoms with Gasteiger partial charge >= 0.3 is 5.97 Å². The average molecular weight is 351 g/mol. The van der Waals surface area contributed by atoms with Gasteiger partial charge in [-0.05, 0) is 66.5 Å². The van der Waals surface area contributed by atoms with Gasteiger partial charge in [-0.3, -0.25) is 9.59 Å². The second-order valence-electron chi connectivity index (χ2n) is 9.42. The molecule has 26 heavy (non-hydrogen) atoms. The van der Waals surface area contributed by atoms with E-state index in [1.807, 2.05) is 0 Å². The van der Waals surface area contributed by atoms with E-state index in [-0.39, 0.29) is 17.3 Å². The molecule has 0 N–H and O–H groups in total. The van der Waals surface area contributed by atoms with Crippen molar-refractivity contribution in [2.45, 2.75) is 44.4 Å². The normalized spacial score (nSPS) is 39.5. The number of fused-ring (bicyclic) bond motifs is 2. The molecule has 6 rings (SSSR count). The zero-order valence-corrected chi connectivity index (χ0v) is 15.1. The summed E-state index contributed by atoms with van der Waals surface area (Å²) in [5, 5.41) is 0. The Morgan fingerprint density at radius 1 is 1.12 bits per heavy atom. The number of carbonyl (C=O) groups excluding carboxylic acids is 2. The maximum atomic E-state index is 12.8. The van der Waals surface area contributed by atoms with Crippen molar-refractivity contribution < 1.29 is 14.3 Å². The zero-order chi connectivity index (χ0) is 17.5. The molecule has 1 unspecified atom stereocenters. The predicted octanol–water partition coefficient (Wildman–Crippen LogP) is 2.69. The SMILES string of the molecule is O=C1CC2(CO1)CC(C(=O)N1C[C@@H]3C(c4ccc5c(c4)CCC5)[C@@H]3C1)C2. The van der Waals surface area contributed by atoms with E-state index in [0.29, 0.717) is 36.7 Å². The van der Waals surface area contributed by atoms with Crippen molar-refractivity contribution in [1.82, 2.24) is 4.90 Å². The second-order valence-corrected chi connectivity index (χ2v) is 9.42. The van der Waals surface area contributed by atoms with Crippen LogP contribution in [0.4, 0.5) is 0 Å². The van der Waals surface area contributed by atoms with E-state index in [9.17, 15) is 9.59 Å². The standard InChI is InChI=1S/C22H25NO3/c24-19-9-22(12-26-19)7-16(8-22)21(25)23-10-17-18(11-23)20(17)15-5-4-13-2-1-3-14(13)6-15/h4-6,16-18,20H,1-3,7-12H2/t16?,17-,18+,20?,22?. The molecule has 3 aliphatic carbocycles. The van der Waals surface area contributed by atoms with Gasteiger partial charge in [-0.2, -0.15) is 0 Å². The molecule has 4 heteroatoms. The molecule has 1 aromatic carbocycles. The second kappa shape index (κ2) is 5.11. The molecule has 1 amide bonds. The van der Waals surface area contributed by atoms with Gasteiger partial charge in [-0.25, -0.2) is 0 Å². The highest BCUT2D eigenvalue weighted by Gasteiger charge is 2.59. The number of carbonyl (C=O) groups is 2. The number of esters is 1. The third-order valence-corrected chi connectivity index (χ3v) is 7.78. The van der Waals surface area contributed by atoms with E-state index in [1.165, 1.54) is 24.8 Å². The van der Waals surface area contributed by atoms with Crippen LogP contribution in [-0.2, 0) is 27.2 Å².